The van der Waals surface area contributed by atoms with Crippen LogP contribution >= 0.6 is 0 Å². The summed E-state index contributed by atoms with van der Waals surface area (Å²) >= 11 is 0. The molecule has 8 nitrogen and oxygen atoms in total. The van der Waals surface area contributed by atoms with Crippen molar-refractivity contribution in [3.05, 3.63) is 24.3 Å². The monoisotopic (exact) mass is 342 g/mol. The molecule has 0 aromatic carbocycles. The van der Waals surface area contributed by atoms with Crippen molar-refractivity contribution in [1.29, 1.82) is 0 Å². The molecule has 1 aliphatic heterocycles. The third-order valence-electron chi connectivity index (χ3n) is 3.21. The molecule has 2 N–H and O–H groups in total. The summed E-state index contributed by atoms with van der Waals surface area (Å²) in [6, 6.07) is 0. The number of carbonyl (C=O) groups excluding carboxylic acids is 3. The Hall–Kier alpha value is -2.19. The molecule has 5 atom stereocenters. The van der Waals surface area contributed by atoms with Crippen LogP contribution in [0.3, 0.4) is 0 Å². The molecule has 0 spiro atoms. The van der Waals surface area contributed by atoms with E-state index in [0.29, 0.717) is 0 Å². The van der Waals surface area contributed by atoms with E-state index in [4.69, 9.17) is 14.2 Å². The van der Waals surface area contributed by atoms with Crippen LogP contribution in [-0.2, 0) is 28.6 Å². The lowest BCUT2D eigenvalue weighted by atomic mass is 10.2. The van der Waals surface area contributed by atoms with E-state index in [1.807, 2.05) is 0 Å². The Morgan fingerprint density at radius 3 is 1.83 bits per heavy atom. The first-order valence-electron chi connectivity index (χ1n) is 7.52. The van der Waals surface area contributed by atoms with E-state index >= 15 is 0 Å². The maximum atomic E-state index is 11.7. The second-order valence-electron chi connectivity index (χ2n) is 5.49. The van der Waals surface area contributed by atoms with E-state index in [9.17, 15) is 24.6 Å². The summed E-state index contributed by atoms with van der Waals surface area (Å²) in [6.45, 7) is 4.41. The van der Waals surface area contributed by atoms with Gasteiger partial charge in [-0.25, -0.2) is 9.59 Å². The highest BCUT2D eigenvalue weighted by Gasteiger charge is 2.21. The van der Waals surface area contributed by atoms with Crippen molar-refractivity contribution in [2.75, 3.05) is 0 Å². The molecule has 0 fully saturated rings. The Bertz CT molecular complexity index is 524. The smallest absolute Gasteiger partial charge is 0.330 e. The van der Waals surface area contributed by atoms with Gasteiger partial charge in [-0.2, -0.15) is 0 Å². The highest BCUT2D eigenvalue weighted by Crippen LogP contribution is 2.08. The molecule has 0 radical (unpaired) electrons. The van der Waals surface area contributed by atoms with Gasteiger partial charge in [-0.15, -0.1) is 0 Å². The van der Waals surface area contributed by atoms with Crippen LogP contribution in [0.15, 0.2) is 24.3 Å². The molecule has 0 aliphatic carbocycles. The lowest BCUT2D eigenvalue weighted by Gasteiger charge is -2.19. The van der Waals surface area contributed by atoms with Crippen molar-refractivity contribution in [1.82, 2.24) is 0 Å². The summed E-state index contributed by atoms with van der Waals surface area (Å²) < 4.78 is 14.9. The molecule has 0 aromatic heterocycles. The molecule has 0 amide bonds. The number of rotatable bonds is 0. The number of carbonyl (C=O) groups is 3. The maximum Gasteiger partial charge on any atom is 0.330 e. The average Bonchev–Trinajstić information content (AvgIpc) is 2.48. The topological polar surface area (TPSA) is 119 Å². The van der Waals surface area contributed by atoms with E-state index in [0.717, 1.165) is 24.3 Å². The van der Waals surface area contributed by atoms with Gasteiger partial charge in [-0.3, -0.25) is 4.79 Å². The van der Waals surface area contributed by atoms with Crippen molar-refractivity contribution in [3.63, 3.8) is 0 Å². The molecule has 1 rings (SSSR count). The fourth-order valence-corrected chi connectivity index (χ4v) is 1.80. The number of aliphatic hydroxyl groups is 2. The standard InChI is InChI=1S/C16H22O8/c1-9-8-16(21)24-11(3)13(18)5-7-15(20)23-10(2)12(17)4-6-14(19)22-9/h4-7,9-13,17-18H,8H2,1-3H3/b6-4+,7-5+/t9-,10+,11+,12-,13-/m1/s1. The molecular weight excluding hydrogens is 320 g/mol. The van der Waals surface area contributed by atoms with Crippen LogP contribution in [0.1, 0.15) is 27.2 Å². The molecule has 24 heavy (non-hydrogen) atoms. The van der Waals surface area contributed by atoms with E-state index in [1.165, 1.54) is 20.8 Å². The largest absolute Gasteiger partial charge is 0.459 e. The zero-order chi connectivity index (χ0) is 18.3. The summed E-state index contributed by atoms with van der Waals surface area (Å²) in [5, 5.41) is 19.6. The Kier molecular flexibility index (Phi) is 7.60. The Labute approximate surface area is 139 Å². The predicted molar refractivity (Wildman–Crippen MR) is 81.6 cm³/mol. The van der Waals surface area contributed by atoms with Gasteiger partial charge in [0.15, 0.2) is 0 Å². The fourth-order valence-electron chi connectivity index (χ4n) is 1.80. The highest BCUT2D eigenvalue weighted by molar-refractivity contribution is 5.83. The fraction of sp³-hybridized carbons (Fsp3) is 0.562. The van der Waals surface area contributed by atoms with Gasteiger partial charge in [0.2, 0.25) is 0 Å². The molecule has 1 heterocycles. The highest BCUT2D eigenvalue weighted by atomic mass is 16.6. The number of ether oxygens (including phenoxy) is 3. The molecule has 0 saturated heterocycles. The Balaban J connectivity index is 2.91. The minimum atomic E-state index is -1.22. The summed E-state index contributed by atoms with van der Waals surface area (Å²) in [5.41, 5.74) is 0. The van der Waals surface area contributed by atoms with Gasteiger partial charge in [0.25, 0.3) is 0 Å². The van der Waals surface area contributed by atoms with E-state index in [2.05, 4.69) is 0 Å². The molecular formula is C16H22O8. The molecule has 0 bridgehead atoms. The second-order valence-corrected chi connectivity index (χ2v) is 5.49. The number of cyclic esters (lactones) is 3. The lowest BCUT2D eigenvalue weighted by molar-refractivity contribution is -0.157. The van der Waals surface area contributed by atoms with E-state index in [-0.39, 0.29) is 6.42 Å². The third-order valence-corrected chi connectivity index (χ3v) is 3.21. The van der Waals surface area contributed by atoms with Crippen molar-refractivity contribution in [2.24, 2.45) is 0 Å². The van der Waals surface area contributed by atoms with Crippen LogP contribution in [0, 0.1) is 0 Å². The molecule has 0 aromatic rings. The van der Waals surface area contributed by atoms with Gasteiger partial charge < -0.3 is 24.4 Å². The molecule has 0 saturated carbocycles. The van der Waals surface area contributed by atoms with Gasteiger partial charge in [0.05, 0.1) is 6.42 Å². The maximum absolute atomic E-state index is 11.7. The van der Waals surface area contributed by atoms with Crippen LogP contribution in [0.4, 0.5) is 0 Å². The molecule has 0 unspecified atom stereocenters. The van der Waals surface area contributed by atoms with Crippen molar-refractivity contribution in [3.8, 4) is 0 Å². The van der Waals surface area contributed by atoms with Gasteiger partial charge in [-0.05, 0) is 32.9 Å². The average molecular weight is 342 g/mol. The number of hydrogen-bond donors (Lipinski definition) is 2. The Morgan fingerprint density at radius 1 is 0.833 bits per heavy atom. The third kappa shape index (κ3) is 6.93. The first kappa shape index (κ1) is 19.9. The SMILES string of the molecule is C[C@@H]1CC(=O)O[C@@H](C)[C@H](O)/C=C/C(=O)O[C@@H](C)[C@H](O)/C=C/C(=O)O1. The van der Waals surface area contributed by atoms with Crippen LogP contribution in [0.2, 0.25) is 0 Å². The van der Waals surface area contributed by atoms with Gasteiger partial charge in [-0.1, -0.05) is 0 Å². The predicted octanol–water partition coefficient (Wildman–Crippen LogP) is 0.0194. The van der Waals surface area contributed by atoms with Gasteiger partial charge in [0.1, 0.15) is 30.5 Å². The summed E-state index contributed by atoms with van der Waals surface area (Å²) in [5.74, 6) is -2.22. The number of hydrogen-bond acceptors (Lipinski definition) is 8. The first-order valence-corrected chi connectivity index (χ1v) is 7.52. The molecule has 8 heteroatoms. The molecule has 1 aliphatic rings. The number of esters is 3. The van der Waals surface area contributed by atoms with Crippen molar-refractivity contribution in [2.45, 2.75) is 57.7 Å². The number of aliphatic hydroxyl groups excluding tert-OH is 2. The van der Waals surface area contributed by atoms with Crippen LogP contribution in [0.25, 0.3) is 0 Å². The normalized spacial score (nSPS) is 36.2. The van der Waals surface area contributed by atoms with Crippen LogP contribution in [0.5, 0.6) is 0 Å². The van der Waals surface area contributed by atoms with Crippen molar-refractivity contribution >= 4 is 17.9 Å². The van der Waals surface area contributed by atoms with Crippen LogP contribution in [-0.4, -0.2) is 58.6 Å². The quantitative estimate of drug-likeness (QED) is 0.467. The molecule has 134 valence electrons. The van der Waals surface area contributed by atoms with E-state index < -0.39 is 48.4 Å². The summed E-state index contributed by atoms with van der Waals surface area (Å²) in [7, 11) is 0. The van der Waals surface area contributed by atoms with E-state index in [1.54, 1.807) is 0 Å². The lowest BCUT2D eigenvalue weighted by Crippen LogP contribution is -2.30. The van der Waals surface area contributed by atoms with Crippen LogP contribution < -0.4 is 0 Å². The minimum Gasteiger partial charge on any atom is -0.459 e. The van der Waals surface area contributed by atoms with Gasteiger partial charge >= 0.3 is 17.9 Å². The summed E-state index contributed by atoms with van der Waals surface area (Å²) in [4.78, 5) is 34.9. The zero-order valence-corrected chi connectivity index (χ0v) is 13.7. The summed E-state index contributed by atoms with van der Waals surface area (Å²) in [6.07, 6.45) is -0.961. The zero-order valence-electron chi connectivity index (χ0n) is 13.7. The van der Waals surface area contributed by atoms with Crippen molar-refractivity contribution < 1.29 is 38.8 Å². The minimum absolute atomic E-state index is 0.193. The van der Waals surface area contributed by atoms with Gasteiger partial charge in [0, 0.05) is 12.2 Å². The Morgan fingerprint density at radius 2 is 1.29 bits per heavy atom. The second kappa shape index (κ2) is 9.19. The first-order chi connectivity index (χ1) is 11.2.